The third-order valence-corrected chi connectivity index (χ3v) is 4.60. The summed E-state index contributed by atoms with van der Waals surface area (Å²) in [6, 6.07) is 5.43. The molecule has 24 heavy (non-hydrogen) atoms. The van der Waals surface area contributed by atoms with Gasteiger partial charge in [0.1, 0.15) is 12.9 Å². The van der Waals surface area contributed by atoms with E-state index in [0.717, 1.165) is 9.58 Å². The van der Waals surface area contributed by atoms with Crippen molar-refractivity contribution in [3.8, 4) is 5.75 Å². The van der Waals surface area contributed by atoms with Crippen LogP contribution in [-0.2, 0) is 25.6 Å². The summed E-state index contributed by atoms with van der Waals surface area (Å²) in [5, 5.41) is 4.46. The molecular weight excluding hydrogens is 332 g/mol. The van der Waals surface area contributed by atoms with E-state index >= 15 is 0 Å². The normalized spacial score (nSPS) is 11.4. The van der Waals surface area contributed by atoms with Crippen LogP contribution < -0.4 is 10.5 Å². The molecule has 128 valence electrons. The predicted octanol–water partition coefficient (Wildman–Crippen LogP) is 1.85. The lowest BCUT2D eigenvalue weighted by atomic mass is 10.0. The van der Waals surface area contributed by atoms with Crippen molar-refractivity contribution in [2.45, 2.75) is 13.3 Å². The number of hydrogen-bond donors (Lipinski definition) is 1. The first kappa shape index (κ1) is 17.7. The fraction of sp³-hybridized carbons (Fsp3) is 0.312. The molecule has 0 radical (unpaired) electrons. The fourth-order valence-electron chi connectivity index (χ4n) is 2.29. The number of nitrogens with two attached hydrogens (primary N) is 1. The summed E-state index contributed by atoms with van der Waals surface area (Å²) in [6.07, 6.45) is 0.682. The van der Waals surface area contributed by atoms with Crippen molar-refractivity contribution in [1.29, 1.82) is 0 Å². The zero-order chi connectivity index (χ0) is 17.7. The zero-order valence-corrected chi connectivity index (χ0v) is 14.4. The second-order valence-electron chi connectivity index (χ2n) is 4.73. The number of methoxy groups -OCH3 is 1. The number of fused-ring (bicyclic) bond motifs is 1. The molecule has 2 aromatic rings. The molecule has 0 fully saturated rings. The number of ether oxygens (including phenoxy) is 2. The van der Waals surface area contributed by atoms with Crippen molar-refractivity contribution in [2.75, 3.05) is 20.8 Å². The van der Waals surface area contributed by atoms with Crippen molar-refractivity contribution in [2.24, 2.45) is 10.9 Å². The van der Waals surface area contributed by atoms with E-state index in [1.807, 2.05) is 19.1 Å². The Kier molecular flexibility index (Phi) is 5.75. The first-order valence-electron chi connectivity index (χ1n) is 7.18. The Morgan fingerprint density at radius 2 is 2.04 bits per heavy atom. The van der Waals surface area contributed by atoms with Crippen molar-refractivity contribution < 1.29 is 23.9 Å². The number of oxime groups is 1. The van der Waals surface area contributed by atoms with Crippen LogP contribution in [0.25, 0.3) is 10.1 Å². The summed E-state index contributed by atoms with van der Waals surface area (Å²) in [5.74, 6) is -0.747. The lowest BCUT2D eigenvalue weighted by molar-refractivity contribution is -0.142. The molecule has 7 nitrogen and oxygen atoms in total. The Morgan fingerprint density at radius 3 is 2.62 bits per heavy atom. The molecule has 0 aliphatic heterocycles. The smallest absolute Gasteiger partial charge is 0.343 e. The number of thiophene rings is 1. The topological polar surface area (TPSA) is 100 Å². The van der Waals surface area contributed by atoms with Crippen molar-refractivity contribution in [1.82, 2.24) is 0 Å². The highest BCUT2D eigenvalue weighted by Crippen LogP contribution is 2.38. The highest BCUT2D eigenvalue weighted by molar-refractivity contribution is 7.19. The lowest BCUT2D eigenvalue weighted by Crippen LogP contribution is -2.25. The van der Waals surface area contributed by atoms with Gasteiger partial charge >= 0.3 is 5.97 Å². The Labute approximate surface area is 143 Å². The second-order valence-corrected chi connectivity index (χ2v) is 5.87. The Bertz CT molecular complexity index is 797. The van der Waals surface area contributed by atoms with Crippen LogP contribution in [0.5, 0.6) is 5.75 Å². The molecule has 2 rings (SSSR count). The number of carbonyl (C=O) groups is 2. The van der Waals surface area contributed by atoms with Crippen molar-refractivity contribution in [3.05, 3.63) is 28.6 Å². The average molecular weight is 350 g/mol. The second kappa shape index (κ2) is 7.78. The fourth-order valence-corrected chi connectivity index (χ4v) is 3.45. The van der Waals surface area contributed by atoms with E-state index in [2.05, 4.69) is 9.89 Å². The molecule has 2 N–H and O–H groups in total. The molecule has 1 amide bonds. The van der Waals surface area contributed by atoms with E-state index in [9.17, 15) is 9.59 Å². The quantitative estimate of drug-likeness (QED) is 0.467. The Balaban J connectivity index is 2.65. The van der Waals surface area contributed by atoms with Crippen LogP contribution in [0.4, 0.5) is 0 Å². The molecule has 1 aromatic carbocycles. The molecule has 1 heterocycles. The molecule has 0 aliphatic rings. The number of amides is 1. The molecule has 0 saturated carbocycles. The molecule has 1 aromatic heterocycles. The molecule has 0 aliphatic carbocycles. The van der Waals surface area contributed by atoms with Crippen LogP contribution in [0.15, 0.2) is 23.4 Å². The van der Waals surface area contributed by atoms with Gasteiger partial charge in [-0.05, 0) is 18.6 Å². The van der Waals surface area contributed by atoms with Gasteiger partial charge in [-0.3, -0.25) is 4.79 Å². The summed E-state index contributed by atoms with van der Waals surface area (Å²) < 4.78 is 11.0. The maximum Gasteiger partial charge on any atom is 0.343 e. The summed E-state index contributed by atoms with van der Waals surface area (Å²) in [5.41, 5.74) is 6.06. The minimum atomic E-state index is -0.700. The van der Waals surface area contributed by atoms with Gasteiger partial charge in [0.15, 0.2) is 12.3 Å². The standard InChI is InChI=1S/C16H18N2O5S/c1-4-10-14(15(16(17)20)18-22-3)13-9(23-8-12(19)21-2)6-5-7-11(13)24-10/h5-7H,4,8H2,1-3H3,(H2,17,20)/b18-15-. The highest BCUT2D eigenvalue weighted by Gasteiger charge is 2.24. The summed E-state index contributed by atoms with van der Waals surface area (Å²) in [4.78, 5) is 28.9. The van der Waals surface area contributed by atoms with Crippen molar-refractivity contribution >= 4 is 39.0 Å². The van der Waals surface area contributed by atoms with Gasteiger partial charge in [-0.2, -0.15) is 0 Å². The summed E-state index contributed by atoms with van der Waals surface area (Å²) >= 11 is 1.51. The number of hydrogen-bond acceptors (Lipinski definition) is 7. The van der Waals surface area contributed by atoms with E-state index < -0.39 is 11.9 Å². The molecule has 0 atom stereocenters. The highest BCUT2D eigenvalue weighted by atomic mass is 32.1. The summed E-state index contributed by atoms with van der Waals surface area (Å²) in [7, 11) is 2.63. The van der Waals surface area contributed by atoms with E-state index in [-0.39, 0.29) is 12.3 Å². The monoisotopic (exact) mass is 350 g/mol. The first-order chi connectivity index (χ1) is 11.5. The van der Waals surface area contributed by atoms with Crippen LogP contribution in [0, 0.1) is 0 Å². The van der Waals surface area contributed by atoms with Gasteiger partial charge in [-0.15, -0.1) is 11.3 Å². The number of nitrogens with zero attached hydrogens (tertiary/aromatic N) is 1. The zero-order valence-electron chi connectivity index (χ0n) is 13.6. The van der Waals surface area contributed by atoms with Gasteiger partial charge in [-0.25, -0.2) is 4.79 Å². The van der Waals surface area contributed by atoms with Gasteiger partial charge in [-0.1, -0.05) is 18.1 Å². The minimum absolute atomic E-state index is 0.0229. The van der Waals surface area contributed by atoms with Gasteiger partial charge < -0.3 is 20.0 Å². The number of rotatable bonds is 7. The van der Waals surface area contributed by atoms with E-state index in [1.165, 1.54) is 25.6 Å². The first-order valence-corrected chi connectivity index (χ1v) is 8.00. The van der Waals surface area contributed by atoms with Crippen molar-refractivity contribution in [3.63, 3.8) is 0 Å². The number of primary amides is 1. The van der Waals surface area contributed by atoms with E-state index in [4.69, 9.17) is 15.3 Å². The van der Waals surface area contributed by atoms with Crippen LogP contribution in [0.3, 0.4) is 0 Å². The summed E-state index contributed by atoms with van der Waals surface area (Å²) in [6.45, 7) is 1.73. The number of benzene rings is 1. The maximum absolute atomic E-state index is 11.8. The molecule has 0 bridgehead atoms. The third-order valence-electron chi connectivity index (χ3n) is 3.30. The van der Waals surface area contributed by atoms with Crippen LogP contribution >= 0.6 is 11.3 Å². The largest absolute Gasteiger partial charge is 0.481 e. The molecule has 0 spiro atoms. The van der Waals surface area contributed by atoms with Gasteiger partial charge in [0.25, 0.3) is 5.91 Å². The number of esters is 1. The van der Waals surface area contributed by atoms with Crippen LogP contribution in [0.2, 0.25) is 0 Å². The average Bonchev–Trinajstić information content (AvgIpc) is 2.95. The SMILES string of the molecule is CCc1sc2cccc(OCC(=O)OC)c2c1/C(=N/OC)C(N)=O. The minimum Gasteiger partial charge on any atom is -0.481 e. The molecular formula is C16H18N2O5S. The molecule has 0 saturated heterocycles. The van der Waals surface area contributed by atoms with E-state index in [0.29, 0.717) is 23.1 Å². The Morgan fingerprint density at radius 1 is 1.29 bits per heavy atom. The van der Waals surface area contributed by atoms with Gasteiger partial charge in [0, 0.05) is 20.5 Å². The van der Waals surface area contributed by atoms with Gasteiger partial charge in [0.05, 0.1) is 7.11 Å². The van der Waals surface area contributed by atoms with Gasteiger partial charge in [0.2, 0.25) is 0 Å². The predicted molar refractivity (Wildman–Crippen MR) is 91.5 cm³/mol. The van der Waals surface area contributed by atoms with Crippen LogP contribution in [0.1, 0.15) is 17.4 Å². The maximum atomic E-state index is 11.8. The third kappa shape index (κ3) is 3.48. The molecule has 8 heteroatoms. The van der Waals surface area contributed by atoms with Crippen LogP contribution in [-0.4, -0.2) is 38.4 Å². The number of aryl methyl sites for hydroxylation is 1. The number of carbonyl (C=O) groups excluding carboxylic acids is 2. The van der Waals surface area contributed by atoms with E-state index in [1.54, 1.807) is 6.07 Å². The molecule has 0 unspecified atom stereocenters. The lowest BCUT2D eigenvalue weighted by Gasteiger charge is -2.09. The Hall–Kier alpha value is -2.61.